The lowest BCUT2D eigenvalue weighted by atomic mass is 10.3. The van der Waals surface area contributed by atoms with Gasteiger partial charge in [0.1, 0.15) is 11.5 Å². The molecule has 0 saturated carbocycles. The Morgan fingerprint density at radius 3 is 2.82 bits per heavy atom. The number of hydrogen-bond acceptors (Lipinski definition) is 4. The van der Waals surface area contributed by atoms with Crippen LogP contribution in [0.4, 0.5) is 5.82 Å². The Bertz CT molecular complexity index is 541. The Labute approximate surface area is 98.6 Å². The fourth-order valence-corrected chi connectivity index (χ4v) is 1.57. The molecule has 0 aliphatic carbocycles. The van der Waals surface area contributed by atoms with Gasteiger partial charge in [0.05, 0.1) is 5.69 Å². The van der Waals surface area contributed by atoms with Crippen LogP contribution in [0.15, 0.2) is 16.7 Å². The van der Waals surface area contributed by atoms with E-state index in [4.69, 9.17) is 4.52 Å². The maximum Gasteiger partial charge on any atom is 0.275 e. The van der Waals surface area contributed by atoms with Crippen LogP contribution in [-0.4, -0.2) is 20.8 Å². The zero-order valence-electron chi connectivity index (χ0n) is 10.0. The lowest BCUT2D eigenvalue weighted by molar-refractivity contribution is 0.101. The zero-order chi connectivity index (χ0) is 12.4. The highest BCUT2D eigenvalue weighted by atomic mass is 16.5. The second-order valence-electron chi connectivity index (χ2n) is 3.76. The summed E-state index contributed by atoms with van der Waals surface area (Å²) in [4.78, 5) is 12.0. The van der Waals surface area contributed by atoms with E-state index in [1.54, 1.807) is 23.7 Å². The molecule has 0 fully saturated rings. The number of carbonyl (C=O) groups excluding carboxylic acids is 1. The highest BCUT2D eigenvalue weighted by molar-refractivity contribution is 6.02. The Balaban J connectivity index is 2.19. The normalized spacial score (nSPS) is 10.5. The number of nitrogens with zero attached hydrogens (tertiary/aromatic N) is 3. The lowest BCUT2D eigenvalue weighted by Crippen LogP contribution is -2.17. The van der Waals surface area contributed by atoms with Crippen LogP contribution < -0.4 is 5.32 Å². The minimum atomic E-state index is -0.235. The van der Waals surface area contributed by atoms with Crippen molar-refractivity contribution in [2.45, 2.75) is 27.3 Å². The van der Waals surface area contributed by atoms with Crippen molar-refractivity contribution in [2.75, 3.05) is 5.32 Å². The van der Waals surface area contributed by atoms with Crippen molar-refractivity contribution >= 4 is 11.7 Å². The molecule has 6 heteroatoms. The lowest BCUT2D eigenvalue weighted by Gasteiger charge is -2.03. The molecule has 6 nitrogen and oxygen atoms in total. The van der Waals surface area contributed by atoms with Crippen molar-refractivity contribution in [2.24, 2.45) is 0 Å². The van der Waals surface area contributed by atoms with Gasteiger partial charge in [-0.1, -0.05) is 5.16 Å². The Morgan fingerprint density at radius 1 is 1.47 bits per heavy atom. The average Bonchev–Trinajstić information content (AvgIpc) is 2.84. The third kappa shape index (κ3) is 2.35. The van der Waals surface area contributed by atoms with Crippen molar-refractivity contribution < 1.29 is 9.32 Å². The van der Waals surface area contributed by atoms with E-state index in [0.29, 0.717) is 23.8 Å². The molecule has 0 atom stereocenters. The first-order chi connectivity index (χ1) is 8.10. The molecule has 0 saturated heterocycles. The third-order valence-electron chi connectivity index (χ3n) is 2.30. The first-order valence-corrected chi connectivity index (χ1v) is 5.39. The minimum absolute atomic E-state index is 0.235. The second-order valence-corrected chi connectivity index (χ2v) is 3.76. The van der Waals surface area contributed by atoms with Gasteiger partial charge < -0.3 is 9.84 Å². The maximum atomic E-state index is 12.0. The molecule has 1 N–H and O–H groups in total. The van der Waals surface area contributed by atoms with Crippen LogP contribution in [0.2, 0.25) is 0 Å². The molecule has 0 spiro atoms. The molecule has 17 heavy (non-hydrogen) atoms. The van der Waals surface area contributed by atoms with Gasteiger partial charge in [0, 0.05) is 12.6 Å². The molecule has 90 valence electrons. The number of anilines is 1. The molecule has 2 aromatic heterocycles. The van der Waals surface area contributed by atoms with Gasteiger partial charge in [-0.15, -0.1) is 0 Å². The van der Waals surface area contributed by atoms with Crippen LogP contribution in [0.1, 0.15) is 28.9 Å². The number of nitrogens with one attached hydrogen (secondary N) is 1. The van der Waals surface area contributed by atoms with Gasteiger partial charge in [-0.3, -0.25) is 9.48 Å². The first kappa shape index (κ1) is 11.4. The molecular weight excluding hydrogens is 220 g/mol. The largest absolute Gasteiger partial charge is 0.360 e. The summed E-state index contributed by atoms with van der Waals surface area (Å²) < 4.78 is 6.53. The number of hydrogen-bond donors (Lipinski definition) is 1. The molecule has 2 rings (SSSR count). The highest BCUT2D eigenvalue weighted by Crippen LogP contribution is 2.10. The van der Waals surface area contributed by atoms with Gasteiger partial charge in [-0.25, -0.2) is 0 Å². The van der Waals surface area contributed by atoms with Crippen molar-refractivity contribution in [1.82, 2.24) is 14.9 Å². The summed E-state index contributed by atoms with van der Waals surface area (Å²) in [7, 11) is 0. The van der Waals surface area contributed by atoms with E-state index in [2.05, 4.69) is 15.6 Å². The fourth-order valence-electron chi connectivity index (χ4n) is 1.57. The van der Waals surface area contributed by atoms with Crippen LogP contribution in [0.25, 0.3) is 0 Å². The van der Waals surface area contributed by atoms with Gasteiger partial charge in [0.15, 0.2) is 5.82 Å². The van der Waals surface area contributed by atoms with Crippen molar-refractivity contribution in [3.63, 3.8) is 0 Å². The summed E-state index contributed by atoms with van der Waals surface area (Å²) in [6, 6.07) is 3.41. The Hall–Kier alpha value is -2.11. The van der Waals surface area contributed by atoms with Crippen LogP contribution in [0.5, 0.6) is 0 Å². The minimum Gasteiger partial charge on any atom is -0.360 e. The molecule has 0 unspecified atom stereocenters. The Morgan fingerprint density at radius 2 is 2.24 bits per heavy atom. The third-order valence-corrected chi connectivity index (χ3v) is 2.30. The molecule has 0 radical (unpaired) electrons. The number of amides is 1. The van der Waals surface area contributed by atoms with E-state index in [1.807, 2.05) is 13.8 Å². The monoisotopic (exact) mass is 234 g/mol. The van der Waals surface area contributed by atoms with Crippen molar-refractivity contribution in [1.29, 1.82) is 0 Å². The summed E-state index contributed by atoms with van der Waals surface area (Å²) in [5.41, 5.74) is 1.33. The average molecular weight is 234 g/mol. The second kappa shape index (κ2) is 4.40. The smallest absolute Gasteiger partial charge is 0.275 e. The van der Waals surface area contributed by atoms with Crippen LogP contribution in [-0.2, 0) is 6.54 Å². The number of rotatable bonds is 3. The van der Waals surface area contributed by atoms with Gasteiger partial charge in [-0.2, -0.15) is 5.10 Å². The summed E-state index contributed by atoms with van der Waals surface area (Å²) in [5.74, 6) is 0.829. The van der Waals surface area contributed by atoms with Gasteiger partial charge >= 0.3 is 0 Å². The maximum absolute atomic E-state index is 12.0. The topological polar surface area (TPSA) is 73.0 Å². The number of aryl methyl sites for hydroxylation is 3. The van der Waals surface area contributed by atoms with E-state index in [-0.39, 0.29) is 5.91 Å². The molecular formula is C11H14N4O2. The fraction of sp³-hybridized carbons (Fsp3) is 0.364. The van der Waals surface area contributed by atoms with E-state index < -0.39 is 0 Å². The van der Waals surface area contributed by atoms with E-state index in [1.165, 1.54) is 0 Å². The zero-order valence-corrected chi connectivity index (χ0v) is 10.0. The van der Waals surface area contributed by atoms with Crippen LogP contribution in [0.3, 0.4) is 0 Å². The van der Waals surface area contributed by atoms with E-state index in [0.717, 1.165) is 5.69 Å². The summed E-state index contributed by atoms with van der Waals surface area (Å²) in [5, 5.41) is 10.6. The van der Waals surface area contributed by atoms with Crippen molar-refractivity contribution in [3.05, 3.63) is 29.3 Å². The molecule has 2 aromatic rings. The number of carbonyl (C=O) groups is 1. The van der Waals surface area contributed by atoms with Crippen LogP contribution >= 0.6 is 0 Å². The molecule has 0 aliphatic rings. The van der Waals surface area contributed by atoms with E-state index >= 15 is 0 Å². The molecule has 0 aliphatic heterocycles. The molecule has 2 heterocycles. The number of aromatic nitrogens is 3. The SMILES string of the molecule is CCn1nc(C)cc1C(=O)Nc1cc(C)on1. The molecule has 0 bridgehead atoms. The predicted molar refractivity (Wildman–Crippen MR) is 61.8 cm³/mol. The summed E-state index contributed by atoms with van der Waals surface area (Å²) in [6.07, 6.45) is 0. The Kier molecular flexibility index (Phi) is 2.95. The van der Waals surface area contributed by atoms with Gasteiger partial charge in [-0.05, 0) is 26.8 Å². The molecule has 0 aromatic carbocycles. The molecule has 1 amide bonds. The van der Waals surface area contributed by atoms with Crippen molar-refractivity contribution in [3.8, 4) is 0 Å². The van der Waals surface area contributed by atoms with E-state index in [9.17, 15) is 4.79 Å². The standard InChI is InChI=1S/C11H14N4O2/c1-4-15-9(5-7(2)13-15)11(16)12-10-6-8(3)17-14-10/h5-6H,4H2,1-3H3,(H,12,14,16). The summed E-state index contributed by atoms with van der Waals surface area (Å²) >= 11 is 0. The van der Waals surface area contributed by atoms with Gasteiger partial charge in [0.25, 0.3) is 5.91 Å². The van der Waals surface area contributed by atoms with Gasteiger partial charge in [0.2, 0.25) is 0 Å². The predicted octanol–water partition coefficient (Wildman–Crippen LogP) is 1.76. The van der Waals surface area contributed by atoms with Crippen LogP contribution in [0, 0.1) is 13.8 Å². The summed E-state index contributed by atoms with van der Waals surface area (Å²) in [6.45, 7) is 6.20. The first-order valence-electron chi connectivity index (χ1n) is 5.39. The highest BCUT2D eigenvalue weighted by Gasteiger charge is 2.14. The quantitative estimate of drug-likeness (QED) is 0.878.